The quantitative estimate of drug-likeness (QED) is 0.0268. The standard InChI is InChI=1S/C33H47N5O6.C25H39N3O6S2.C25H37N3O6S2/c1-5-23(39)13-7-6-8-15-25-30(40)35-26(19-22-20-38(44-4)27-16-10-9-14-24(22)27)31(41)36-29(21(2)3)33(43)37-18-12-11-17-28(37)32(42)34-25;1-6-18-24(32)28-22(15(4)5)25(33)34-17-9-7-8-10-35-36-13-16(23(31)26-18)11-19(29)21(14(2)3)27-20(30)12-17;1-6-19-23(31)28-21(15(4)5)25(33)34-17-9-7-8-10-35-36-13-20(24(32)26-19)27-22(30)18(14(2)3)12-16(29)11-17/h9-10,14,16,20-21,25-26,28-29H,5-8,11-13,15,17-19H2,1-4H3,(H,34,42)(H,35,40)(H,36,41);6,14-17,21-22H,7-13H2,1-5H3,(H,26,31)(H,27,30)(H,28,32);6-7,9,14-15,17-18,20-21H,8,10-13H2,1-5H3,(H,26,32)(H,27,30)(H,28,31)/b;18-6+;9-7+,19-6-/t25-,26-,28+,29?;16-,17-,21-,22-;17-,18-,20-,21+/m011/s1. The molecule has 4 bridgehead atoms. The fraction of sp³-hybridized carbons (Fsp3) is 0.651. The van der Waals surface area contributed by atoms with Gasteiger partial charge in [-0.3, -0.25) is 62.3 Å². The predicted octanol–water partition coefficient (Wildman–Crippen LogP) is 7.94. The lowest BCUT2D eigenvalue weighted by Crippen LogP contribution is -2.64. The molecule has 2 aromatic rings. The van der Waals surface area contributed by atoms with Crippen molar-refractivity contribution < 1.29 is 86.2 Å². The topological polar surface area (TPSA) is 400 Å². The lowest BCUT2D eigenvalue weighted by Gasteiger charge is -2.39. The normalized spacial score (nSPS) is 27.2. The van der Waals surface area contributed by atoms with Crippen molar-refractivity contribution in [3.63, 3.8) is 0 Å². The van der Waals surface area contributed by atoms with Crippen molar-refractivity contribution in [3.05, 3.63) is 71.7 Å². The van der Waals surface area contributed by atoms with E-state index in [4.69, 9.17) is 14.3 Å². The van der Waals surface area contributed by atoms with Crippen LogP contribution in [-0.4, -0.2) is 195 Å². The molecule has 6 aliphatic heterocycles. The highest BCUT2D eigenvalue weighted by molar-refractivity contribution is 8.77. The summed E-state index contributed by atoms with van der Waals surface area (Å²) in [5, 5.41) is 25.9. The Morgan fingerprint density at radius 1 is 0.578 bits per heavy atom. The minimum atomic E-state index is -1.01. The number of para-hydroxylation sites is 1. The summed E-state index contributed by atoms with van der Waals surface area (Å²) in [7, 11) is 7.67. The SMILES string of the molecule is C/C=C1/NC(=O)[C@H]2CSSCCCC[C@H](CC(=O)N[C@H](C(C)C)C(=O)C2)OC(=O)[C@@H](C(C)C)NC1=O.C/C=C1\NC(=O)[C@H]2CSSCC/C=C/[C@H](CC(=O)C[C@H](C(C)C)C(=O)N2)OC(=O)[C@H](C(C)C)NC1=O.CCC(=O)CCCCC[C@@H]1NC(=O)[C@H]2CCCCN2C(=O)C(C(C)C)NC(=O)[C@H](Cc2cn(OC)c3ccccc23)NC1=O. The number of rotatable bonds is 15. The number of allylic oxidation sites excluding steroid dienone is 3. The number of nitrogens with one attached hydrogen (secondary N) is 9. The van der Waals surface area contributed by atoms with Crippen molar-refractivity contribution in [3.8, 4) is 0 Å². The van der Waals surface area contributed by atoms with Crippen LogP contribution in [0.25, 0.3) is 10.9 Å². The van der Waals surface area contributed by atoms with E-state index in [-0.39, 0.29) is 114 Å². The molecule has 7 heterocycles. The number of unbranched alkanes of at least 4 members (excludes halogenated alkanes) is 2. The average molecular weight is 1690 g/mol. The molecule has 0 radical (unpaired) electrons. The number of benzene rings is 1. The molecule has 1 aromatic heterocycles. The van der Waals surface area contributed by atoms with Gasteiger partial charge < -0.3 is 67.1 Å². The van der Waals surface area contributed by atoms with E-state index in [9.17, 15) is 71.9 Å². The molecule has 10 amide bonds. The maximum atomic E-state index is 13.9. The number of amides is 10. The van der Waals surface area contributed by atoms with Gasteiger partial charge in [-0.1, -0.05) is 169 Å². The van der Waals surface area contributed by atoms with E-state index < -0.39 is 126 Å². The molecule has 0 spiro atoms. The van der Waals surface area contributed by atoms with Gasteiger partial charge in [0.1, 0.15) is 84.6 Å². The van der Waals surface area contributed by atoms with Crippen LogP contribution in [0.4, 0.5) is 0 Å². The summed E-state index contributed by atoms with van der Waals surface area (Å²) in [6.45, 7) is 23.6. The van der Waals surface area contributed by atoms with Gasteiger partial charge >= 0.3 is 11.9 Å². The number of esters is 2. The zero-order valence-corrected chi connectivity index (χ0v) is 72.9. The zero-order valence-electron chi connectivity index (χ0n) is 69.7. The van der Waals surface area contributed by atoms with Crippen LogP contribution in [0.3, 0.4) is 0 Å². The summed E-state index contributed by atoms with van der Waals surface area (Å²) >= 11 is 0. The second kappa shape index (κ2) is 48.6. The number of aromatic nitrogens is 1. The summed E-state index contributed by atoms with van der Waals surface area (Å²) in [5.41, 5.74) is 1.59. The summed E-state index contributed by atoms with van der Waals surface area (Å²) in [5.74, 6) is -6.45. The van der Waals surface area contributed by atoms with E-state index in [1.165, 1.54) is 33.7 Å². The van der Waals surface area contributed by atoms with Gasteiger partial charge in [0.15, 0.2) is 5.78 Å². The number of ether oxygens (including phenoxy) is 2. The van der Waals surface area contributed by atoms with Crippen LogP contribution < -0.4 is 52.7 Å². The Bertz CT molecular complexity index is 3880. The van der Waals surface area contributed by atoms with Crippen LogP contribution in [0.1, 0.15) is 205 Å². The van der Waals surface area contributed by atoms with E-state index in [0.29, 0.717) is 63.7 Å². The molecular weight excluding hydrogens is 1570 g/mol. The molecule has 0 aliphatic carbocycles. The molecule has 8 rings (SSSR count). The van der Waals surface area contributed by atoms with Crippen LogP contribution in [0.5, 0.6) is 0 Å². The van der Waals surface area contributed by atoms with Gasteiger partial charge in [-0.25, -0.2) is 9.59 Å². The lowest BCUT2D eigenvalue weighted by atomic mass is 9.88. The third-order valence-electron chi connectivity index (χ3n) is 21.0. The first-order valence-corrected chi connectivity index (χ1v) is 45.8. The molecule has 12 atom stereocenters. The molecule has 116 heavy (non-hydrogen) atoms. The number of ketones is 3. The van der Waals surface area contributed by atoms with Crippen molar-refractivity contribution in [2.24, 2.45) is 41.4 Å². The molecule has 642 valence electrons. The largest absolute Gasteiger partial charge is 0.460 e. The molecule has 5 saturated heterocycles. The first-order valence-electron chi connectivity index (χ1n) is 40.8. The highest BCUT2D eigenvalue weighted by Crippen LogP contribution is 2.31. The number of Topliss-reactive ketones (excluding diaryl/α,β-unsaturated/α-hetero) is 3. The van der Waals surface area contributed by atoms with Gasteiger partial charge in [0.2, 0.25) is 47.3 Å². The van der Waals surface area contributed by atoms with Crippen molar-refractivity contribution >= 4 is 142 Å². The van der Waals surface area contributed by atoms with E-state index in [1.807, 2.05) is 78.8 Å². The van der Waals surface area contributed by atoms with E-state index in [0.717, 1.165) is 60.1 Å². The maximum absolute atomic E-state index is 13.9. The summed E-state index contributed by atoms with van der Waals surface area (Å²) < 4.78 is 13.1. The van der Waals surface area contributed by atoms with Crippen LogP contribution >= 0.6 is 43.2 Å². The Morgan fingerprint density at radius 3 is 1.83 bits per heavy atom. The minimum Gasteiger partial charge on any atom is -0.460 e. The predicted molar refractivity (Wildman–Crippen MR) is 450 cm³/mol. The average Bonchev–Trinajstić information content (AvgIpc) is 1.59. The number of fused-ring (bicyclic) bond motifs is 16. The van der Waals surface area contributed by atoms with Gasteiger partial charge in [-0.15, -0.1) is 0 Å². The Balaban J connectivity index is 0.000000273. The van der Waals surface area contributed by atoms with Crippen LogP contribution in [-0.2, 0) is 87.8 Å². The second-order valence-corrected chi connectivity index (χ2v) is 37.0. The molecule has 1 aromatic carbocycles. The third kappa shape index (κ3) is 29.7. The highest BCUT2D eigenvalue weighted by Gasteiger charge is 2.43. The number of piperidine rings is 1. The van der Waals surface area contributed by atoms with Gasteiger partial charge in [0.25, 0.3) is 11.8 Å². The number of carbonyl (C=O) groups excluding carboxylic acids is 15. The minimum absolute atomic E-state index is 0.00947. The van der Waals surface area contributed by atoms with Crippen LogP contribution in [0, 0.1) is 41.4 Å². The molecular formula is C83H123N11O18S4. The molecule has 33 heteroatoms. The van der Waals surface area contributed by atoms with Crippen molar-refractivity contribution in [2.45, 2.75) is 266 Å². The van der Waals surface area contributed by atoms with Crippen molar-refractivity contribution in [1.82, 2.24) is 57.5 Å². The maximum Gasteiger partial charge on any atom is 0.329 e. The molecule has 29 nitrogen and oxygen atoms in total. The van der Waals surface area contributed by atoms with Gasteiger partial charge in [0, 0.05) is 85.6 Å². The number of carbonyl (C=O) groups is 15. The monoisotopic (exact) mass is 1690 g/mol. The van der Waals surface area contributed by atoms with E-state index >= 15 is 0 Å². The fourth-order valence-corrected chi connectivity index (χ4v) is 18.6. The first kappa shape index (κ1) is 96.7. The van der Waals surface area contributed by atoms with Gasteiger partial charge in [-0.2, -0.15) is 4.73 Å². The zero-order chi connectivity index (χ0) is 85.5. The molecule has 1 unspecified atom stereocenters. The highest BCUT2D eigenvalue weighted by atomic mass is 33.1. The molecule has 0 saturated carbocycles. The van der Waals surface area contributed by atoms with Crippen LogP contribution in [0.2, 0.25) is 0 Å². The second-order valence-electron chi connectivity index (χ2n) is 31.7. The fourth-order valence-electron chi connectivity index (χ4n) is 14.0. The van der Waals surface area contributed by atoms with E-state index in [2.05, 4.69) is 47.9 Å². The molecule has 9 N–H and O–H groups in total. The Kier molecular flexibility index (Phi) is 40.5. The first-order chi connectivity index (χ1) is 55.2. The molecule has 5 fully saturated rings. The van der Waals surface area contributed by atoms with Gasteiger partial charge in [0.05, 0.1) is 23.9 Å². The lowest BCUT2D eigenvalue weighted by molar-refractivity contribution is -0.156. The Hall–Kier alpha value is -8.17. The summed E-state index contributed by atoms with van der Waals surface area (Å²) in [6.07, 6.45) is 14.9. The smallest absolute Gasteiger partial charge is 0.329 e. The number of hydrogen-bond acceptors (Lipinski definition) is 22. The Morgan fingerprint density at radius 2 is 1.19 bits per heavy atom. The van der Waals surface area contributed by atoms with Crippen molar-refractivity contribution in [1.29, 1.82) is 0 Å². The summed E-state index contributed by atoms with van der Waals surface area (Å²) in [4.78, 5) is 205. The summed E-state index contributed by atoms with van der Waals surface area (Å²) in [6, 6.07) is 0.549. The number of nitrogens with zero attached hydrogens (tertiary/aromatic N) is 2. The van der Waals surface area contributed by atoms with Gasteiger partial charge in [-0.05, 0) is 119 Å². The number of hydrogen-bond donors (Lipinski definition) is 9. The Labute approximate surface area is 698 Å². The van der Waals surface area contributed by atoms with E-state index in [1.54, 1.807) is 92.1 Å². The van der Waals surface area contributed by atoms with Crippen LogP contribution in [0.15, 0.2) is 66.2 Å². The third-order valence-corrected chi connectivity index (χ3v) is 26.0. The molecule has 6 aliphatic rings. The van der Waals surface area contributed by atoms with Crippen molar-refractivity contribution in [2.75, 3.05) is 36.7 Å².